The largest absolute Gasteiger partial charge is 1.00 e. The van der Waals surface area contributed by atoms with Crippen LogP contribution < -0.4 is 153 Å². The maximum atomic E-state index is 11.7. The minimum absolute atomic E-state index is 0. The van der Waals surface area contributed by atoms with E-state index < -0.39 is 25.2 Å². The molecule has 0 aliphatic heterocycles. The van der Waals surface area contributed by atoms with Crippen LogP contribution in [0.1, 0.15) is 10.5 Å². The maximum Gasteiger partial charge on any atom is 1.00 e. The van der Waals surface area contributed by atoms with E-state index >= 15 is 0 Å². The van der Waals surface area contributed by atoms with Gasteiger partial charge in [0.15, 0.2) is 12.3 Å². The first-order valence-electron chi connectivity index (χ1n) is 4.56. The molecule has 0 bridgehead atoms. The molecule has 8 nitrogen and oxygen atoms in total. The van der Waals surface area contributed by atoms with Crippen LogP contribution in [0, 0.1) is 0 Å². The van der Waals surface area contributed by atoms with Crippen LogP contribution in [0.4, 0.5) is 13.6 Å². The van der Waals surface area contributed by atoms with Gasteiger partial charge in [0.2, 0.25) is 5.88 Å². The van der Waals surface area contributed by atoms with Crippen molar-refractivity contribution in [2.45, 2.75) is 6.43 Å². The number of carboxylic acid groups (broad SMARTS) is 2. The predicted octanol–water partition coefficient (Wildman–Crippen LogP) is -7.53. The van der Waals surface area contributed by atoms with Crippen LogP contribution in [-0.4, -0.2) is 42.2 Å². The molecule has 1 heterocycles. The Morgan fingerprint density at radius 1 is 1.24 bits per heavy atom. The van der Waals surface area contributed by atoms with Crippen molar-refractivity contribution in [2.75, 3.05) is 13.7 Å². The summed E-state index contributed by atoms with van der Waals surface area (Å²) in [5.41, 5.74) is -0.0121. The van der Waals surface area contributed by atoms with E-state index in [2.05, 4.69) is 19.4 Å². The van der Waals surface area contributed by atoms with E-state index in [9.17, 15) is 13.6 Å². The number of esters is 1. The summed E-state index contributed by atoms with van der Waals surface area (Å²) in [5, 5.41) is 16.7. The third-order valence-electron chi connectivity index (χ3n) is 1.38. The molecule has 12 heteroatoms. The number of rotatable bonds is 4. The minimum Gasteiger partial charge on any atom is -0.652 e. The van der Waals surface area contributed by atoms with E-state index in [1.807, 2.05) is 0 Å². The number of nitrogens with zero attached hydrogens (tertiary/aromatic N) is 2. The molecule has 21 heavy (non-hydrogen) atoms. The van der Waals surface area contributed by atoms with Crippen molar-refractivity contribution < 1.29 is 176 Å². The number of carbonyl (C=O) groups is 2. The molecule has 106 valence electrons. The molecular formula is C9H8Cs2F2N2O6. The van der Waals surface area contributed by atoms with Gasteiger partial charge in [0.25, 0.3) is 6.43 Å². The molecule has 0 saturated carbocycles. The molecule has 0 N–H and O–H groups in total. The quantitative estimate of drug-likeness (QED) is 0.343. The van der Waals surface area contributed by atoms with Crippen molar-refractivity contribution in [3.8, 4) is 5.88 Å². The predicted molar refractivity (Wildman–Crippen MR) is 50.3 cm³/mol. The van der Waals surface area contributed by atoms with Gasteiger partial charge >= 0.3 is 144 Å². The maximum absolute atomic E-state index is 11.7. The van der Waals surface area contributed by atoms with Gasteiger partial charge in [0.05, 0.1) is 19.5 Å². The van der Waals surface area contributed by atoms with E-state index in [-0.39, 0.29) is 149 Å². The summed E-state index contributed by atoms with van der Waals surface area (Å²) in [4.78, 5) is 26.5. The van der Waals surface area contributed by atoms with Crippen LogP contribution in [0.3, 0.4) is 0 Å². The van der Waals surface area contributed by atoms with E-state index in [1.54, 1.807) is 0 Å². The van der Waals surface area contributed by atoms with Gasteiger partial charge in [-0.25, -0.2) is 23.5 Å². The Labute approximate surface area is 236 Å². The summed E-state index contributed by atoms with van der Waals surface area (Å²) in [5.74, 6) is -0.717. The number of methoxy groups -OCH3 is 1. The first-order valence-corrected chi connectivity index (χ1v) is 4.56. The summed E-state index contributed by atoms with van der Waals surface area (Å²) >= 11 is 0. The first kappa shape index (κ1) is 27.4. The summed E-state index contributed by atoms with van der Waals surface area (Å²) in [6.45, 7) is -0.758. The van der Waals surface area contributed by atoms with Crippen molar-refractivity contribution in [2.24, 2.45) is 0 Å². The molecule has 0 aliphatic rings. The third-order valence-corrected chi connectivity index (χ3v) is 1.38. The summed E-state index contributed by atoms with van der Waals surface area (Å²) in [6.07, 6.45) is -2.74. The fourth-order valence-electron chi connectivity index (χ4n) is 0.749. The number of hydrogen-bond acceptors (Lipinski definition) is 8. The van der Waals surface area contributed by atoms with E-state index in [1.165, 1.54) is 7.11 Å². The topological polar surface area (TPSA) is 124 Å². The number of aromatic nitrogens is 2. The average molecular weight is 544 g/mol. The second-order valence-electron chi connectivity index (χ2n) is 2.68. The fourth-order valence-corrected chi connectivity index (χ4v) is 0.749. The standard InChI is InChI=1S/C8H8F2N2O3.CH2O3.2Cs/c1-14-8(13)5-2-12-7(3-11-5)15-4-6(9)10;2-1(3)4;;/h2-3,6H,4H2,1H3;(H2,2,3,4);;/q;;2*+1/p-2. The summed E-state index contributed by atoms with van der Waals surface area (Å²) in [6, 6.07) is 0. The Balaban J connectivity index is -0.000000482. The molecule has 0 amide bonds. The Bertz CT molecular complexity index is 417. The van der Waals surface area contributed by atoms with Gasteiger partial charge in [-0.15, -0.1) is 0 Å². The second-order valence-corrected chi connectivity index (χ2v) is 2.68. The molecule has 0 aliphatic carbocycles. The van der Waals surface area contributed by atoms with Crippen LogP contribution >= 0.6 is 0 Å². The molecule has 0 unspecified atom stereocenters. The summed E-state index contributed by atoms with van der Waals surface area (Å²) < 4.78 is 32.4. The molecule has 0 spiro atoms. The second kappa shape index (κ2) is 16.4. The Hall–Kier alpha value is 1.58. The Morgan fingerprint density at radius 3 is 2.10 bits per heavy atom. The monoisotopic (exact) mass is 544 g/mol. The van der Waals surface area contributed by atoms with Crippen LogP contribution in [0.2, 0.25) is 0 Å². The van der Waals surface area contributed by atoms with Crippen LogP contribution in [0.25, 0.3) is 0 Å². The third kappa shape index (κ3) is 16.2. The number of halogens is 2. The minimum atomic E-state index is -2.58. The van der Waals surface area contributed by atoms with Crippen LogP contribution in [0.15, 0.2) is 12.4 Å². The van der Waals surface area contributed by atoms with Gasteiger partial charge in [-0.2, -0.15) is 0 Å². The number of hydrogen-bond donors (Lipinski definition) is 0. The Kier molecular flexibility index (Phi) is 21.5. The van der Waals surface area contributed by atoms with E-state index in [0.717, 1.165) is 12.4 Å². The van der Waals surface area contributed by atoms with Crippen molar-refractivity contribution in [3.63, 3.8) is 0 Å². The van der Waals surface area contributed by atoms with Crippen LogP contribution in [0.5, 0.6) is 5.88 Å². The average Bonchev–Trinajstić information content (AvgIpc) is 2.35. The first-order chi connectivity index (χ1) is 8.86. The Morgan fingerprint density at radius 2 is 1.76 bits per heavy atom. The molecule has 1 aromatic heterocycles. The molecule has 0 aromatic carbocycles. The van der Waals surface area contributed by atoms with Crippen molar-refractivity contribution in [1.82, 2.24) is 9.97 Å². The molecule has 0 atom stereocenters. The van der Waals surface area contributed by atoms with E-state index in [4.69, 9.17) is 15.0 Å². The van der Waals surface area contributed by atoms with Crippen molar-refractivity contribution >= 4 is 12.1 Å². The van der Waals surface area contributed by atoms with Gasteiger partial charge in [-0.1, -0.05) is 0 Å². The van der Waals surface area contributed by atoms with Gasteiger partial charge in [0, 0.05) is 0 Å². The van der Waals surface area contributed by atoms with Gasteiger partial charge in [-0.05, 0) is 6.16 Å². The molecular weight excluding hydrogens is 536 g/mol. The van der Waals surface area contributed by atoms with Gasteiger partial charge in [-0.3, -0.25) is 0 Å². The van der Waals surface area contributed by atoms with Crippen molar-refractivity contribution in [1.29, 1.82) is 0 Å². The number of carbonyl (C=O) groups excluding carboxylic acids is 2. The normalized spacial score (nSPS) is 8.38. The zero-order chi connectivity index (χ0) is 14.8. The molecule has 1 aromatic rings. The number of alkyl halides is 2. The smallest absolute Gasteiger partial charge is 0.652 e. The molecule has 1 rings (SSSR count). The fraction of sp³-hybridized carbons (Fsp3) is 0.333. The summed E-state index contributed by atoms with van der Waals surface area (Å²) in [7, 11) is 1.20. The molecule has 0 saturated heterocycles. The molecule has 0 fully saturated rings. The zero-order valence-corrected chi connectivity index (χ0v) is 24.1. The van der Waals surface area contributed by atoms with Gasteiger partial charge in [0.1, 0.15) is 0 Å². The zero-order valence-electron chi connectivity index (χ0n) is 11.5. The SMILES string of the molecule is COC(=O)c1cnc(OCC(F)F)cn1.O=C([O-])[O-].[Cs+].[Cs+]. The van der Waals surface area contributed by atoms with Crippen molar-refractivity contribution in [3.05, 3.63) is 18.1 Å². The van der Waals surface area contributed by atoms with Crippen LogP contribution in [-0.2, 0) is 4.74 Å². The van der Waals surface area contributed by atoms with Gasteiger partial charge < -0.3 is 24.5 Å². The number of ether oxygens (including phenoxy) is 2. The van der Waals surface area contributed by atoms with E-state index in [0.29, 0.717) is 0 Å². The molecule has 0 radical (unpaired) electrons.